The van der Waals surface area contributed by atoms with Crippen LogP contribution in [0.4, 0.5) is 5.82 Å². The van der Waals surface area contributed by atoms with Crippen molar-refractivity contribution < 1.29 is 5.11 Å². The Bertz CT molecular complexity index is 764. The molecule has 1 aromatic heterocycles. The van der Waals surface area contributed by atoms with Crippen LogP contribution in [0.1, 0.15) is 22.5 Å². The number of hydrogen-bond donors (Lipinski definition) is 2. The number of rotatable bonds is 2. The summed E-state index contributed by atoms with van der Waals surface area (Å²) in [7, 11) is 0. The zero-order valence-corrected chi connectivity index (χ0v) is 12.0. The molecule has 3 rings (SSSR count). The maximum absolute atomic E-state index is 11.9. The predicted molar refractivity (Wildman–Crippen MR) is 81.6 cm³/mol. The first-order chi connectivity index (χ1) is 10.7. The quantitative estimate of drug-likeness (QED) is 0.852. The molecule has 0 fully saturated rings. The number of benzene rings is 1. The van der Waals surface area contributed by atoms with E-state index in [9.17, 15) is 15.2 Å². The highest BCUT2D eigenvalue weighted by Gasteiger charge is 2.20. The number of hydrogen-bond acceptors (Lipinski definition) is 5. The maximum Gasteiger partial charge on any atom is 0.271 e. The summed E-state index contributed by atoms with van der Waals surface area (Å²) in [6.45, 7) is 1.02. The Kier molecular flexibility index (Phi) is 3.90. The number of H-pyrrole nitrogens is 1. The summed E-state index contributed by atoms with van der Waals surface area (Å²) in [6.07, 6.45) is 1.67. The molecule has 1 aromatic carbocycles. The highest BCUT2D eigenvalue weighted by atomic mass is 16.3. The lowest BCUT2D eigenvalue weighted by atomic mass is 10.0. The minimum Gasteiger partial charge on any atom is -0.388 e. The number of anilines is 1. The summed E-state index contributed by atoms with van der Waals surface area (Å²) in [6, 6.07) is 10.2. The van der Waals surface area contributed by atoms with Crippen LogP contribution in [0.3, 0.4) is 0 Å². The summed E-state index contributed by atoms with van der Waals surface area (Å²) < 4.78 is 0. The lowest BCUT2D eigenvalue weighted by molar-refractivity contribution is 0.271. The molecule has 6 nitrogen and oxygen atoms in total. The molecule has 0 atom stereocenters. The monoisotopic (exact) mass is 296 g/mol. The number of aliphatic hydroxyl groups is 1. The van der Waals surface area contributed by atoms with Crippen molar-refractivity contribution in [2.24, 2.45) is 0 Å². The fourth-order valence-electron chi connectivity index (χ4n) is 2.79. The highest BCUT2D eigenvalue weighted by molar-refractivity contribution is 5.53. The average molecular weight is 296 g/mol. The zero-order chi connectivity index (χ0) is 15.5. The third-order valence-electron chi connectivity index (χ3n) is 3.93. The molecule has 0 spiro atoms. The van der Waals surface area contributed by atoms with Crippen LogP contribution < -0.4 is 10.5 Å². The molecule has 0 unspecified atom stereocenters. The van der Waals surface area contributed by atoms with Gasteiger partial charge in [-0.1, -0.05) is 24.3 Å². The Hall–Kier alpha value is -2.65. The number of nitrogens with one attached hydrogen (secondary N) is 1. The molecular weight excluding hydrogens is 280 g/mol. The lowest BCUT2D eigenvalue weighted by Gasteiger charge is -2.22. The molecule has 0 bridgehead atoms. The number of aliphatic hydroxyl groups excluding tert-OH is 1. The Morgan fingerprint density at radius 3 is 2.45 bits per heavy atom. The van der Waals surface area contributed by atoms with Crippen LogP contribution in [0.25, 0.3) is 0 Å². The number of nitrogens with zero attached hydrogens (tertiary/aromatic N) is 3. The summed E-state index contributed by atoms with van der Waals surface area (Å²) in [4.78, 5) is 20.6. The van der Waals surface area contributed by atoms with Gasteiger partial charge in [-0.2, -0.15) is 5.26 Å². The number of aromatic amines is 1. The van der Waals surface area contributed by atoms with Gasteiger partial charge in [-0.05, 0) is 24.0 Å². The third-order valence-corrected chi connectivity index (χ3v) is 3.93. The van der Waals surface area contributed by atoms with E-state index < -0.39 is 5.56 Å². The predicted octanol–water partition coefficient (Wildman–Crippen LogP) is 0.739. The van der Waals surface area contributed by atoms with E-state index in [2.05, 4.69) is 22.1 Å². The minimum atomic E-state index is -0.502. The van der Waals surface area contributed by atoms with Crippen LogP contribution in [0.5, 0.6) is 0 Å². The Labute approximate surface area is 127 Å². The number of nitriles is 1. The van der Waals surface area contributed by atoms with Crippen molar-refractivity contribution in [3.8, 4) is 6.07 Å². The van der Waals surface area contributed by atoms with Crippen molar-refractivity contribution in [1.82, 2.24) is 9.97 Å². The molecule has 0 saturated carbocycles. The van der Waals surface area contributed by atoms with E-state index >= 15 is 0 Å². The molecule has 0 saturated heterocycles. The van der Waals surface area contributed by atoms with Gasteiger partial charge >= 0.3 is 0 Å². The van der Waals surface area contributed by atoms with Crippen molar-refractivity contribution in [3.63, 3.8) is 0 Å². The van der Waals surface area contributed by atoms with Gasteiger partial charge in [-0.15, -0.1) is 0 Å². The van der Waals surface area contributed by atoms with E-state index in [0.717, 1.165) is 12.8 Å². The molecule has 1 aliphatic rings. The van der Waals surface area contributed by atoms with E-state index in [4.69, 9.17) is 0 Å². The molecule has 2 N–H and O–H groups in total. The van der Waals surface area contributed by atoms with Crippen LogP contribution in [0, 0.1) is 11.3 Å². The molecule has 0 aliphatic carbocycles. The van der Waals surface area contributed by atoms with Gasteiger partial charge in [0.2, 0.25) is 0 Å². The van der Waals surface area contributed by atoms with E-state index in [1.807, 2.05) is 23.1 Å². The van der Waals surface area contributed by atoms with E-state index in [-0.39, 0.29) is 18.0 Å². The van der Waals surface area contributed by atoms with Crippen molar-refractivity contribution >= 4 is 5.82 Å². The minimum absolute atomic E-state index is 0.00292. The smallest absolute Gasteiger partial charge is 0.271 e. The molecule has 2 aromatic rings. The highest BCUT2D eigenvalue weighted by Crippen LogP contribution is 2.21. The fourth-order valence-corrected chi connectivity index (χ4v) is 2.79. The first-order valence-electron chi connectivity index (χ1n) is 7.19. The van der Waals surface area contributed by atoms with E-state index in [0.29, 0.717) is 18.9 Å². The zero-order valence-electron chi connectivity index (χ0n) is 12.0. The van der Waals surface area contributed by atoms with E-state index in [1.165, 1.54) is 11.1 Å². The van der Waals surface area contributed by atoms with Crippen LogP contribution in [0.2, 0.25) is 0 Å². The van der Waals surface area contributed by atoms with Crippen molar-refractivity contribution in [2.45, 2.75) is 19.4 Å². The van der Waals surface area contributed by atoms with Crippen LogP contribution in [-0.2, 0) is 19.4 Å². The summed E-state index contributed by atoms with van der Waals surface area (Å²) in [5, 5.41) is 18.5. The van der Waals surface area contributed by atoms with Crippen molar-refractivity contribution in [2.75, 3.05) is 18.0 Å². The van der Waals surface area contributed by atoms with Gasteiger partial charge in [-0.25, -0.2) is 4.98 Å². The molecule has 0 amide bonds. The summed E-state index contributed by atoms with van der Waals surface area (Å²) >= 11 is 0. The molecule has 112 valence electrons. The lowest BCUT2D eigenvalue weighted by Crippen LogP contribution is -2.31. The Morgan fingerprint density at radius 2 is 1.91 bits per heavy atom. The first kappa shape index (κ1) is 14.3. The van der Waals surface area contributed by atoms with E-state index in [1.54, 1.807) is 0 Å². The van der Waals surface area contributed by atoms with Gasteiger partial charge in [0, 0.05) is 13.1 Å². The molecule has 2 heterocycles. The van der Waals surface area contributed by atoms with Gasteiger partial charge in [-0.3, -0.25) is 4.79 Å². The number of fused-ring (bicyclic) bond motifs is 1. The number of aromatic nitrogens is 2. The molecule has 22 heavy (non-hydrogen) atoms. The van der Waals surface area contributed by atoms with Gasteiger partial charge in [0.25, 0.3) is 5.56 Å². The Morgan fingerprint density at radius 1 is 1.27 bits per heavy atom. The van der Waals surface area contributed by atoms with Crippen LogP contribution >= 0.6 is 0 Å². The first-order valence-corrected chi connectivity index (χ1v) is 7.19. The maximum atomic E-state index is 11.9. The molecule has 1 aliphatic heterocycles. The Balaban J connectivity index is 1.97. The van der Waals surface area contributed by atoms with Crippen molar-refractivity contribution in [3.05, 3.63) is 57.1 Å². The topological polar surface area (TPSA) is 93.0 Å². The summed E-state index contributed by atoms with van der Waals surface area (Å²) in [5.74, 6) is 0.545. The second-order valence-electron chi connectivity index (χ2n) is 5.24. The van der Waals surface area contributed by atoms with Gasteiger partial charge in [0.1, 0.15) is 18.5 Å². The normalized spacial score (nSPS) is 14.1. The summed E-state index contributed by atoms with van der Waals surface area (Å²) in [5.41, 5.74) is 2.08. The van der Waals surface area contributed by atoms with Gasteiger partial charge in [0.15, 0.2) is 11.4 Å². The third kappa shape index (κ3) is 2.59. The van der Waals surface area contributed by atoms with Crippen molar-refractivity contribution in [1.29, 1.82) is 5.26 Å². The van der Waals surface area contributed by atoms with Crippen LogP contribution in [-0.4, -0.2) is 28.2 Å². The standard InChI is InChI=1S/C16H16N4O2/c17-9-13-15(18-14(10-21)19-16(13)22)20-7-5-11-3-1-2-4-12(11)6-8-20/h1-4,21H,5-8,10H2,(H,18,19,22). The van der Waals surface area contributed by atoms with Crippen LogP contribution in [0.15, 0.2) is 29.1 Å². The SMILES string of the molecule is N#Cc1c(N2CCc3ccccc3CC2)nc(CO)[nH]c1=O. The fraction of sp³-hybridized carbons (Fsp3) is 0.312. The largest absolute Gasteiger partial charge is 0.388 e. The molecular formula is C16H16N4O2. The van der Waals surface area contributed by atoms with Gasteiger partial charge in [0.05, 0.1) is 0 Å². The second-order valence-corrected chi connectivity index (χ2v) is 5.24. The molecule has 0 radical (unpaired) electrons. The average Bonchev–Trinajstić information content (AvgIpc) is 2.76. The molecule has 6 heteroatoms. The second kappa shape index (κ2) is 6.00. The van der Waals surface area contributed by atoms with Gasteiger partial charge < -0.3 is 15.0 Å².